The van der Waals surface area contributed by atoms with Crippen LogP contribution in [0.15, 0.2) is 0 Å². The van der Waals surface area contributed by atoms with Crippen LogP contribution in [0.4, 0.5) is 0 Å². The van der Waals surface area contributed by atoms with E-state index < -0.39 is 0 Å². The van der Waals surface area contributed by atoms with Crippen LogP contribution in [0.3, 0.4) is 0 Å². The molecule has 1 aliphatic heterocycles. The number of nitrogens with one attached hydrogen (secondary N) is 1. The lowest BCUT2D eigenvalue weighted by atomic mass is 10.1. The number of ether oxygens (including phenoxy) is 1. The molecule has 0 aromatic heterocycles. The zero-order chi connectivity index (χ0) is 25.9. The smallest absolute Gasteiger partial charge is 0.222 e. The van der Waals surface area contributed by atoms with Gasteiger partial charge in [0.15, 0.2) is 0 Å². The highest BCUT2D eigenvalue weighted by molar-refractivity contribution is 8.76. The number of Topliss-reactive ketones (excluding diaryl/α,β-unsaturated/α-hetero) is 1. The van der Waals surface area contributed by atoms with Crippen molar-refractivity contribution in [1.82, 2.24) is 10.2 Å². The summed E-state index contributed by atoms with van der Waals surface area (Å²) in [5.41, 5.74) is 0. The van der Waals surface area contributed by atoms with Crippen molar-refractivity contribution in [1.29, 1.82) is 0 Å². The van der Waals surface area contributed by atoms with Gasteiger partial charge in [-0.25, -0.2) is 0 Å². The third kappa shape index (κ3) is 22.8. The second-order valence-corrected chi connectivity index (χ2v) is 9.55. The number of hydrogen-bond donors (Lipinski definition) is 2. The van der Waals surface area contributed by atoms with Crippen molar-refractivity contribution in [3.63, 3.8) is 0 Å². The maximum Gasteiger partial charge on any atom is 0.222 e. The number of methoxy groups -OCH3 is 1. The lowest BCUT2D eigenvalue weighted by Gasteiger charge is -2.24. The van der Waals surface area contributed by atoms with Crippen LogP contribution in [0.5, 0.6) is 0 Å². The van der Waals surface area contributed by atoms with Crippen LogP contribution in [-0.2, 0) is 19.1 Å². The summed E-state index contributed by atoms with van der Waals surface area (Å²) in [6.45, 7) is 11.7. The number of carbonyl (C=O) groups is 3. The Kier molecular flexibility index (Phi) is 32.6. The molecule has 0 aromatic carbocycles. The first-order valence-corrected chi connectivity index (χ1v) is 14.8. The normalized spacial score (nSPS) is 14.1. The number of carbonyl (C=O) groups excluding carboxylic acids is 3. The molecule has 2 amide bonds. The average molecular weight is 511 g/mol. The summed E-state index contributed by atoms with van der Waals surface area (Å²) in [4.78, 5) is 36.7. The zero-order valence-electron chi connectivity index (χ0n) is 22.1. The van der Waals surface area contributed by atoms with Crippen LogP contribution in [0.1, 0.15) is 86.0 Å². The van der Waals surface area contributed by atoms with Gasteiger partial charge in [0, 0.05) is 58.1 Å². The van der Waals surface area contributed by atoms with Gasteiger partial charge in [0.2, 0.25) is 11.8 Å². The highest BCUT2D eigenvalue weighted by atomic mass is 33.1. The first-order chi connectivity index (χ1) is 16.0. The van der Waals surface area contributed by atoms with E-state index in [4.69, 9.17) is 9.84 Å². The maximum absolute atomic E-state index is 12.3. The molecule has 1 atom stereocenters. The molecule has 1 saturated heterocycles. The average Bonchev–Trinajstić information content (AvgIpc) is 3.31. The highest BCUT2D eigenvalue weighted by Gasteiger charge is 2.27. The second kappa shape index (κ2) is 29.3. The van der Waals surface area contributed by atoms with Crippen molar-refractivity contribution in [2.75, 3.05) is 45.4 Å². The summed E-state index contributed by atoms with van der Waals surface area (Å²) < 4.78 is 5.20. The van der Waals surface area contributed by atoms with E-state index in [1.165, 1.54) is 0 Å². The van der Waals surface area contributed by atoms with Gasteiger partial charge in [-0.15, -0.1) is 0 Å². The fraction of sp³-hybridized carbons (Fsp3) is 0.875. The summed E-state index contributed by atoms with van der Waals surface area (Å²) in [6.07, 6.45) is 6.22. The second-order valence-electron chi connectivity index (χ2n) is 6.85. The first kappa shape index (κ1) is 36.8. The van der Waals surface area contributed by atoms with Crippen LogP contribution in [0.2, 0.25) is 0 Å². The number of aliphatic hydroxyl groups is 1. The van der Waals surface area contributed by atoms with Crippen molar-refractivity contribution < 1.29 is 24.2 Å². The molecule has 198 valence electrons. The van der Waals surface area contributed by atoms with Gasteiger partial charge in [-0.2, -0.15) is 0 Å². The highest BCUT2D eigenvalue weighted by Crippen LogP contribution is 2.23. The fourth-order valence-electron chi connectivity index (χ4n) is 3.05. The number of likely N-dealkylation sites (tertiary alicyclic amines) is 1. The molecular weight excluding hydrogens is 460 g/mol. The standard InChI is InChI=1S/C19H34N2O4S2.2C2H6.CH4O/c1-16(22)7-3-4-9-18(23)20-11-14-27-26-13-6-10-19(24)21-12-5-8-17(21)15-25-2;3*1-2/h17H,3-15H2,1-2H3,(H,20,23);2*1-2H3;2H,1H3. The van der Waals surface area contributed by atoms with Gasteiger partial charge in [-0.1, -0.05) is 49.3 Å². The Morgan fingerprint density at radius 2 is 1.58 bits per heavy atom. The minimum absolute atomic E-state index is 0.0611. The number of hydrogen-bond acceptors (Lipinski definition) is 7. The van der Waals surface area contributed by atoms with Gasteiger partial charge in [0.25, 0.3) is 0 Å². The summed E-state index contributed by atoms with van der Waals surface area (Å²) in [5, 5.41) is 9.90. The van der Waals surface area contributed by atoms with Crippen molar-refractivity contribution >= 4 is 39.2 Å². The van der Waals surface area contributed by atoms with E-state index in [2.05, 4.69) is 5.32 Å². The van der Waals surface area contributed by atoms with Gasteiger partial charge in [0.1, 0.15) is 5.78 Å². The number of rotatable bonds is 15. The molecule has 1 heterocycles. The molecule has 0 spiro atoms. The van der Waals surface area contributed by atoms with Gasteiger partial charge in [-0.05, 0) is 39.0 Å². The molecule has 1 fully saturated rings. The fourth-order valence-corrected chi connectivity index (χ4v) is 5.05. The van der Waals surface area contributed by atoms with Crippen LogP contribution in [0.25, 0.3) is 0 Å². The monoisotopic (exact) mass is 510 g/mol. The molecule has 1 aliphatic rings. The first-order valence-electron chi connectivity index (χ1n) is 12.3. The molecule has 33 heavy (non-hydrogen) atoms. The molecule has 7 nitrogen and oxygen atoms in total. The van der Waals surface area contributed by atoms with Crippen molar-refractivity contribution in [2.45, 2.75) is 92.0 Å². The summed E-state index contributed by atoms with van der Waals surface area (Å²) in [7, 11) is 6.18. The van der Waals surface area contributed by atoms with Gasteiger partial charge < -0.3 is 24.9 Å². The van der Waals surface area contributed by atoms with Gasteiger partial charge in [0.05, 0.1) is 12.6 Å². The van der Waals surface area contributed by atoms with E-state index >= 15 is 0 Å². The third-order valence-electron chi connectivity index (χ3n) is 4.45. The maximum atomic E-state index is 12.3. The molecule has 0 bridgehead atoms. The number of aliphatic hydroxyl groups excluding tert-OH is 1. The Bertz CT molecular complexity index is 468. The summed E-state index contributed by atoms with van der Waals surface area (Å²) in [5.74, 6) is 2.29. The third-order valence-corrected chi connectivity index (χ3v) is 6.94. The lowest BCUT2D eigenvalue weighted by Crippen LogP contribution is -2.38. The number of ketones is 1. The Morgan fingerprint density at radius 1 is 0.970 bits per heavy atom. The molecule has 2 N–H and O–H groups in total. The minimum atomic E-state index is 0.0611. The van der Waals surface area contributed by atoms with Crippen molar-refractivity contribution in [2.24, 2.45) is 0 Å². The molecule has 0 aromatic rings. The van der Waals surface area contributed by atoms with Crippen molar-refractivity contribution in [3.05, 3.63) is 0 Å². The molecule has 0 saturated carbocycles. The van der Waals surface area contributed by atoms with Gasteiger partial charge in [-0.3, -0.25) is 9.59 Å². The zero-order valence-corrected chi connectivity index (χ0v) is 23.7. The topological polar surface area (TPSA) is 95.9 Å². The Labute approximate surface area is 210 Å². The van der Waals surface area contributed by atoms with E-state index in [-0.39, 0.29) is 23.6 Å². The van der Waals surface area contributed by atoms with E-state index in [1.54, 1.807) is 35.6 Å². The van der Waals surface area contributed by atoms with E-state index in [0.29, 0.717) is 32.4 Å². The Balaban J connectivity index is -0.00000138. The predicted octanol–water partition coefficient (Wildman–Crippen LogP) is 4.71. The number of amides is 2. The van der Waals surface area contributed by atoms with Crippen LogP contribution >= 0.6 is 21.6 Å². The minimum Gasteiger partial charge on any atom is -0.400 e. The Morgan fingerprint density at radius 3 is 2.18 bits per heavy atom. The van der Waals surface area contributed by atoms with Crippen LogP contribution in [-0.4, -0.2) is 79.1 Å². The number of nitrogens with zero attached hydrogens (tertiary/aromatic N) is 1. The van der Waals surface area contributed by atoms with Gasteiger partial charge >= 0.3 is 0 Å². The van der Waals surface area contributed by atoms with E-state index in [0.717, 1.165) is 57.3 Å². The lowest BCUT2D eigenvalue weighted by molar-refractivity contribution is -0.133. The molecule has 0 radical (unpaired) electrons. The largest absolute Gasteiger partial charge is 0.400 e. The predicted molar refractivity (Wildman–Crippen MR) is 144 cm³/mol. The molecule has 1 rings (SSSR count). The summed E-state index contributed by atoms with van der Waals surface area (Å²) in [6, 6.07) is 0.260. The molecular formula is C24H50N2O5S2. The van der Waals surface area contributed by atoms with Crippen LogP contribution in [0, 0.1) is 0 Å². The molecule has 1 unspecified atom stereocenters. The summed E-state index contributed by atoms with van der Waals surface area (Å²) >= 11 is 0. The Hall–Kier alpha value is -0.770. The SMILES string of the molecule is CC.CC.CO.COCC1CCCN1C(=O)CCCSSCCNC(=O)CCCCC(C)=O. The number of unbranched alkanes of at least 4 members (excludes halogenated alkanes) is 1. The van der Waals surface area contributed by atoms with E-state index in [1.807, 2.05) is 32.6 Å². The van der Waals surface area contributed by atoms with Crippen LogP contribution < -0.4 is 5.32 Å². The quantitative estimate of drug-likeness (QED) is 0.243. The van der Waals surface area contributed by atoms with Crippen molar-refractivity contribution in [3.8, 4) is 0 Å². The molecule has 0 aliphatic carbocycles. The molecule has 9 heteroatoms. The van der Waals surface area contributed by atoms with E-state index in [9.17, 15) is 14.4 Å².